The van der Waals surface area contributed by atoms with Crippen LogP contribution in [0.5, 0.6) is 0 Å². The monoisotopic (exact) mass is 210 g/mol. The number of likely N-dealkylation sites (N-methyl/N-ethyl adjacent to an activating group) is 1. The minimum Gasteiger partial charge on any atom is -0.325 e. The standard InChI is InChI=1S/C8H20NO3S/c1-8(2)9(3,4)6-7-12-13(5,10)11/h8H,6-7H2,1-5H3/q+1. The molecule has 0 spiro atoms. The fourth-order valence-corrected chi connectivity index (χ4v) is 1.06. The predicted octanol–water partition coefficient (Wildman–Crippen LogP) is 0.447. The van der Waals surface area contributed by atoms with Gasteiger partial charge in [0.1, 0.15) is 13.2 Å². The predicted molar refractivity (Wildman–Crippen MR) is 52.9 cm³/mol. The van der Waals surface area contributed by atoms with Crippen LogP contribution in [0.25, 0.3) is 0 Å². The molecule has 0 heterocycles. The molecule has 0 saturated heterocycles. The fourth-order valence-electron chi connectivity index (χ4n) is 0.682. The normalized spacial score (nSPS) is 13.7. The van der Waals surface area contributed by atoms with Crippen LogP contribution in [0, 0.1) is 0 Å². The molecule has 0 aromatic rings. The average molecular weight is 210 g/mol. The minimum atomic E-state index is -3.28. The van der Waals surface area contributed by atoms with Crippen molar-refractivity contribution >= 4 is 10.1 Å². The molecule has 0 atom stereocenters. The molecule has 4 nitrogen and oxygen atoms in total. The zero-order valence-electron chi connectivity index (χ0n) is 9.07. The molecule has 0 bridgehead atoms. The van der Waals surface area contributed by atoms with Crippen molar-refractivity contribution in [1.82, 2.24) is 0 Å². The topological polar surface area (TPSA) is 43.4 Å². The summed E-state index contributed by atoms with van der Waals surface area (Å²) in [5.74, 6) is 0. The highest BCUT2D eigenvalue weighted by Gasteiger charge is 2.19. The molecular weight excluding hydrogens is 190 g/mol. The molecule has 0 aromatic heterocycles. The van der Waals surface area contributed by atoms with E-state index in [1.54, 1.807) is 0 Å². The van der Waals surface area contributed by atoms with E-state index in [1.807, 2.05) is 0 Å². The molecule has 0 aliphatic carbocycles. The van der Waals surface area contributed by atoms with Crippen molar-refractivity contribution in [2.45, 2.75) is 19.9 Å². The molecule has 0 rings (SSSR count). The Kier molecular flexibility index (Phi) is 4.35. The molecule has 5 heteroatoms. The molecule has 0 fully saturated rings. The van der Waals surface area contributed by atoms with Crippen molar-refractivity contribution in [1.29, 1.82) is 0 Å². The summed E-state index contributed by atoms with van der Waals surface area (Å²) in [5, 5.41) is 0. The molecule has 0 radical (unpaired) electrons. The fraction of sp³-hybridized carbons (Fsp3) is 1.00. The highest BCUT2D eigenvalue weighted by Crippen LogP contribution is 2.05. The van der Waals surface area contributed by atoms with Gasteiger partial charge in [0, 0.05) is 0 Å². The number of hydrogen-bond acceptors (Lipinski definition) is 3. The quantitative estimate of drug-likeness (QED) is 0.489. The molecule has 0 aromatic carbocycles. The van der Waals surface area contributed by atoms with E-state index in [2.05, 4.69) is 32.1 Å². The van der Waals surface area contributed by atoms with Gasteiger partial charge in [-0.15, -0.1) is 0 Å². The largest absolute Gasteiger partial charge is 0.325 e. The Balaban J connectivity index is 3.90. The summed E-state index contributed by atoms with van der Waals surface area (Å²) < 4.78 is 26.7. The Morgan fingerprint density at radius 1 is 1.31 bits per heavy atom. The second-order valence-corrected chi connectivity index (χ2v) is 5.77. The van der Waals surface area contributed by atoms with Crippen molar-refractivity contribution in [2.75, 3.05) is 33.5 Å². The van der Waals surface area contributed by atoms with Gasteiger partial charge in [0.25, 0.3) is 10.1 Å². The van der Waals surface area contributed by atoms with Crippen molar-refractivity contribution in [2.24, 2.45) is 0 Å². The zero-order valence-corrected chi connectivity index (χ0v) is 9.89. The maximum absolute atomic E-state index is 10.7. The van der Waals surface area contributed by atoms with Crippen molar-refractivity contribution < 1.29 is 17.1 Å². The maximum atomic E-state index is 10.7. The first-order valence-corrected chi connectivity index (χ1v) is 6.14. The van der Waals surface area contributed by atoms with Gasteiger partial charge >= 0.3 is 0 Å². The third kappa shape index (κ3) is 6.01. The van der Waals surface area contributed by atoms with Gasteiger partial charge in [0.2, 0.25) is 0 Å². The van der Waals surface area contributed by atoms with Crippen LogP contribution in [-0.2, 0) is 14.3 Å². The first-order chi connectivity index (χ1) is 5.65. The SMILES string of the molecule is CC(C)[N+](C)(C)CCOS(C)(=O)=O. The minimum absolute atomic E-state index is 0.254. The van der Waals surface area contributed by atoms with E-state index in [-0.39, 0.29) is 6.61 Å². The third-order valence-electron chi connectivity index (χ3n) is 2.36. The summed E-state index contributed by atoms with van der Waals surface area (Å²) in [6.45, 7) is 5.15. The van der Waals surface area contributed by atoms with Crippen LogP contribution < -0.4 is 0 Å². The van der Waals surface area contributed by atoms with E-state index in [9.17, 15) is 8.42 Å². The van der Waals surface area contributed by atoms with E-state index >= 15 is 0 Å². The highest BCUT2D eigenvalue weighted by molar-refractivity contribution is 7.85. The van der Waals surface area contributed by atoms with E-state index in [1.165, 1.54) is 0 Å². The van der Waals surface area contributed by atoms with Gasteiger partial charge in [-0.3, -0.25) is 4.18 Å². The lowest BCUT2D eigenvalue weighted by Gasteiger charge is -2.33. The summed E-state index contributed by atoms with van der Waals surface area (Å²) in [7, 11) is 0.822. The van der Waals surface area contributed by atoms with Gasteiger partial charge in [-0.1, -0.05) is 0 Å². The lowest BCUT2D eigenvalue weighted by Crippen LogP contribution is -2.47. The molecule has 0 amide bonds. The number of quaternary nitrogens is 1. The van der Waals surface area contributed by atoms with Crippen LogP contribution in [0.4, 0.5) is 0 Å². The van der Waals surface area contributed by atoms with Crippen LogP contribution in [0.1, 0.15) is 13.8 Å². The summed E-state index contributed by atoms with van der Waals surface area (Å²) in [6.07, 6.45) is 1.07. The van der Waals surface area contributed by atoms with Crippen LogP contribution in [0.2, 0.25) is 0 Å². The van der Waals surface area contributed by atoms with Crippen LogP contribution in [0.15, 0.2) is 0 Å². The lowest BCUT2D eigenvalue weighted by atomic mass is 10.3. The Morgan fingerprint density at radius 2 is 1.77 bits per heavy atom. The summed E-state index contributed by atoms with van der Waals surface area (Å²) in [6, 6.07) is 0.461. The number of nitrogens with zero attached hydrogens (tertiary/aromatic N) is 1. The van der Waals surface area contributed by atoms with Crippen LogP contribution >= 0.6 is 0 Å². The smallest absolute Gasteiger partial charge is 0.264 e. The molecule has 0 saturated carbocycles. The van der Waals surface area contributed by atoms with Crippen molar-refractivity contribution in [3.63, 3.8) is 0 Å². The van der Waals surface area contributed by atoms with Gasteiger partial charge < -0.3 is 4.48 Å². The van der Waals surface area contributed by atoms with Gasteiger partial charge in [0.15, 0.2) is 0 Å². The highest BCUT2D eigenvalue weighted by atomic mass is 32.2. The molecule has 0 unspecified atom stereocenters. The maximum Gasteiger partial charge on any atom is 0.264 e. The van der Waals surface area contributed by atoms with E-state index < -0.39 is 10.1 Å². The van der Waals surface area contributed by atoms with Crippen LogP contribution in [0.3, 0.4) is 0 Å². The van der Waals surface area contributed by atoms with Gasteiger partial charge in [-0.05, 0) is 13.8 Å². The average Bonchev–Trinajstić information content (AvgIpc) is 1.82. The molecule has 0 N–H and O–H groups in total. The van der Waals surface area contributed by atoms with Gasteiger partial charge in [0.05, 0.1) is 26.4 Å². The second kappa shape index (κ2) is 4.39. The van der Waals surface area contributed by atoms with E-state index in [0.717, 1.165) is 10.7 Å². The van der Waals surface area contributed by atoms with Crippen LogP contribution in [-0.4, -0.2) is 52.4 Å². The van der Waals surface area contributed by atoms with E-state index in [4.69, 9.17) is 0 Å². The van der Waals surface area contributed by atoms with E-state index in [0.29, 0.717) is 12.6 Å². The third-order valence-corrected chi connectivity index (χ3v) is 2.96. The number of rotatable bonds is 5. The van der Waals surface area contributed by atoms with Gasteiger partial charge in [-0.2, -0.15) is 8.42 Å². The lowest BCUT2D eigenvalue weighted by molar-refractivity contribution is -0.911. The Hall–Kier alpha value is -0.130. The molecule has 0 aliphatic rings. The zero-order chi connectivity index (χ0) is 10.7. The molecular formula is C8H20NO3S+. The Labute approximate surface area is 81.2 Å². The Morgan fingerprint density at radius 3 is 2.08 bits per heavy atom. The van der Waals surface area contributed by atoms with Gasteiger partial charge in [-0.25, -0.2) is 0 Å². The van der Waals surface area contributed by atoms with Crippen molar-refractivity contribution in [3.05, 3.63) is 0 Å². The molecule has 13 heavy (non-hydrogen) atoms. The second-order valence-electron chi connectivity index (χ2n) is 4.12. The molecule has 0 aliphatic heterocycles. The summed E-state index contributed by atoms with van der Waals surface area (Å²) in [5.41, 5.74) is 0. The number of hydrogen-bond donors (Lipinski definition) is 0. The Bertz CT molecular complexity index is 244. The summed E-state index contributed by atoms with van der Waals surface area (Å²) >= 11 is 0. The molecule has 80 valence electrons. The first-order valence-electron chi connectivity index (χ1n) is 4.32. The first kappa shape index (κ1) is 12.9. The summed E-state index contributed by atoms with van der Waals surface area (Å²) in [4.78, 5) is 0. The van der Waals surface area contributed by atoms with Crippen molar-refractivity contribution in [3.8, 4) is 0 Å².